The lowest BCUT2D eigenvalue weighted by atomic mass is 9.89. The molecule has 2 heterocycles. The molecule has 4 rings (SSSR count). The van der Waals surface area contributed by atoms with Gasteiger partial charge >= 0.3 is 0 Å². The summed E-state index contributed by atoms with van der Waals surface area (Å²) in [6.07, 6.45) is 3.98. The minimum Gasteiger partial charge on any atom is -0.361 e. The van der Waals surface area contributed by atoms with E-state index in [2.05, 4.69) is 34.7 Å². The standard InChI is InChI=1S/C25H29N3O2/c1-25(2,3)24(30)27-22-11-7-5-9-19(22)23(29)28-14-12-17(13-15-28)20-16-26-21-10-6-4-8-18(20)21/h4-11,16-17,26H,12-15H2,1-3H3,(H,27,30). The Hall–Kier alpha value is -3.08. The van der Waals surface area contributed by atoms with Crippen molar-refractivity contribution in [3.8, 4) is 0 Å². The largest absolute Gasteiger partial charge is 0.361 e. The predicted octanol–water partition coefficient (Wildman–Crippen LogP) is 5.17. The zero-order chi connectivity index (χ0) is 21.3. The summed E-state index contributed by atoms with van der Waals surface area (Å²) in [5, 5.41) is 4.21. The number of likely N-dealkylation sites (tertiary alicyclic amines) is 1. The Bertz CT molecular complexity index is 1070. The summed E-state index contributed by atoms with van der Waals surface area (Å²) in [4.78, 5) is 30.9. The molecule has 1 aliphatic heterocycles. The van der Waals surface area contributed by atoms with Gasteiger partial charge in [-0.2, -0.15) is 0 Å². The van der Waals surface area contributed by atoms with Crippen LogP contribution in [0.5, 0.6) is 0 Å². The zero-order valence-electron chi connectivity index (χ0n) is 17.9. The lowest BCUT2D eigenvalue weighted by molar-refractivity contribution is -0.123. The molecule has 1 saturated heterocycles. The van der Waals surface area contributed by atoms with E-state index in [-0.39, 0.29) is 11.8 Å². The summed E-state index contributed by atoms with van der Waals surface area (Å²) in [5.41, 5.74) is 3.13. The summed E-state index contributed by atoms with van der Waals surface area (Å²) in [5.74, 6) is 0.332. The van der Waals surface area contributed by atoms with Gasteiger partial charge in [-0.1, -0.05) is 51.1 Å². The normalized spacial score (nSPS) is 15.4. The van der Waals surface area contributed by atoms with Crippen LogP contribution < -0.4 is 5.32 Å². The van der Waals surface area contributed by atoms with Crippen molar-refractivity contribution in [3.63, 3.8) is 0 Å². The molecule has 0 bridgehead atoms. The van der Waals surface area contributed by atoms with Crippen molar-refractivity contribution in [3.05, 3.63) is 65.9 Å². The van der Waals surface area contributed by atoms with Gasteiger partial charge in [-0.05, 0) is 42.5 Å². The molecule has 0 aliphatic carbocycles. The smallest absolute Gasteiger partial charge is 0.255 e. The van der Waals surface area contributed by atoms with Crippen LogP contribution in [0, 0.1) is 5.41 Å². The summed E-state index contributed by atoms with van der Waals surface area (Å²) in [7, 11) is 0. The number of H-pyrrole nitrogens is 1. The van der Waals surface area contributed by atoms with Crippen LogP contribution in [0.15, 0.2) is 54.7 Å². The molecule has 1 fully saturated rings. The van der Waals surface area contributed by atoms with E-state index in [0.717, 1.165) is 18.4 Å². The van der Waals surface area contributed by atoms with Crippen molar-refractivity contribution in [1.82, 2.24) is 9.88 Å². The summed E-state index contributed by atoms with van der Waals surface area (Å²) >= 11 is 0. The van der Waals surface area contributed by atoms with Crippen LogP contribution in [0.3, 0.4) is 0 Å². The number of aromatic amines is 1. The van der Waals surface area contributed by atoms with E-state index in [1.807, 2.05) is 43.9 Å². The Morgan fingerprint density at radius 1 is 1.00 bits per heavy atom. The number of fused-ring (bicyclic) bond motifs is 1. The van der Waals surface area contributed by atoms with Crippen molar-refractivity contribution in [2.75, 3.05) is 18.4 Å². The van der Waals surface area contributed by atoms with Crippen LogP contribution in [0.4, 0.5) is 5.69 Å². The third-order valence-corrected chi connectivity index (χ3v) is 5.93. The predicted molar refractivity (Wildman–Crippen MR) is 121 cm³/mol. The van der Waals surface area contributed by atoms with E-state index in [0.29, 0.717) is 30.3 Å². The monoisotopic (exact) mass is 403 g/mol. The number of piperidine rings is 1. The molecule has 156 valence electrons. The number of carbonyl (C=O) groups is 2. The first-order chi connectivity index (χ1) is 14.3. The number of rotatable bonds is 3. The molecule has 0 unspecified atom stereocenters. The molecule has 0 saturated carbocycles. The molecule has 0 radical (unpaired) electrons. The fraction of sp³-hybridized carbons (Fsp3) is 0.360. The molecule has 2 aromatic carbocycles. The number of anilines is 1. The Balaban J connectivity index is 1.47. The van der Waals surface area contributed by atoms with Crippen LogP contribution in [-0.2, 0) is 4.79 Å². The van der Waals surface area contributed by atoms with E-state index in [1.165, 1.54) is 10.9 Å². The Morgan fingerprint density at radius 3 is 2.40 bits per heavy atom. The van der Waals surface area contributed by atoms with Crippen LogP contribution in [0.1, 0.15) is 55.5 Å². The first-order valence-corrected chi connectivity index (χ1v) is 10.6. The molecule has 1 aliphatic rings. The average Bonchev–Trinajstić information content (AvgIpc) is 3.17. The van der Waals surface area contributed by atoms with Gasteiger partial charge in [-0.25, -0.2) is 0 Å². The molecule has 5 nitrogen and oxygen atoms in total. The van der Waals surface area contributed by atoms with Gasteiger partial charge in [0.05, 0.1) is 11.3 Å². The summed E-state index contributed by atoms with van der Waals surface area (Å²) in [6, 6.07) is 15.7. The molecule has 1 aromatic heterocycles. The van der Waals surface area contributed by atoms with Gasteiger partial charge in [-0.3, -0.25) is 9.59 Å². The van der Waals surface area contributed by atoms with Crippen LogP contribution in [-0.4, -0.2) is 34.8 Å². The molecule has 0 spiro atoms. The number of amides is 2. The quantitative estimate of drug-likeness (QED) is 0.633. The SMILES string of the molecule is CC(C)(C)C(=O)Nc1ccccc1C(=O)N1CCC(c2c[nH]c3ccccc23)CC1. The van der Waals surface area contributed by atoms with Gasteiger partial charge in [-0.15, -0.1) is 0 Å². The maximum absolute atomic E-state index is 13.2. The van der Waals surface area contributed by atoms with Gasteiger partial charge < -0.3 is 15.2 Å². The van der Waals surface area contributed by atoms with Crippen LogP contribution >= 0.6 is 0 Å². The average molecular weight is 404 g/mol. The zero-order valence-corrected chi connectivity index (χ0v) is 17.9. The second kappa shape index (κ2) is 7.98. The summed E-state index contributed by atoms with van der Waals surface area (Å²) < 4.78 is 0. The second-order valence-corrected chi connectivity index (χ2v) is 9.11. The van der Waals surface area contributed by atoms with Crippen molar-refractivity contribution in [2.45, 2.75) is 39.5 Å². The summed E-state index contributed by atoms with van der Waals surface area (Å²) in [6.45, 7) is 7.02. The number of hydrogen-bond donors (Lipinski definition) is 2. The first-order valence-electron chi connectivity index (χ1n) is 10.6. The number of para-hydroxylation sites is 2. The van der Waals surface area contributed by atoms with Gasteiger partial charge in [0.1, 0.15) is 0 Å². The van der Waals surface area contributed by atoms with Gasteiger partial charge in [0.2, 0.25) is 5.91 Å². The Labute approximate surface area is 177 Å². The van der Waals surface area contributed by atoms with E-state index in [4.69, 9.17) is 0 Å². The maximum atomic E-state index is 13.2. The molecule has 30 heavy (non-hydrogen) atoms. The lowest BCUT2D eigenvalue weighted by Gasteiger charge is -2.32. The van der Waals surface area contributed by atoms with Crippen LogP contribution in [0.2, 0.25) is 0 Å². The fourth-order valence-electron chi connectivity index (χ4n) is 4.08. The number of hydrogen-bond acceptors (Lipinski definition) is 2. The van der Waals surface area contributed by atoms with Crippen LogP contribution in [0.25, 0.3) is 10.9 Å². The molecular weight excluding hydrogens is 374 g/mol. The van der Waals surface area contributed by atoms with E-state index >= 15 is 0 Å². The van der Waals surface area contributed by atoms with Gasteiger partial charge in [0.25, 0.3) is 5.91 Å². The highest BCUT2D eigenvalue weighted by Gasteiger charge is 2.28. The number of nitrogens with one attached hydrogen (secondary N) is 2. The highest BCUT2D eigenvalue weighted by atomic mass is 16.2. The van der Waals surface area contributed by atoms with Crippen molar-refractivity contribution in [1.29, 1.82) is 0 Å². The Morgan fingerprint density at radius 2 is 1.67 bits per heavy atom. The van der Waals surface area contributed by atoms with Gasteiger partial charge in [0.15, 0.2) is 0 Å². The van der Waals surface area contributed by atoms with Crippen molar-refractivity contribution in [2.24, 2.45) is 5.41 Å². The third kappa shape index (κ3) is 3.97. The minimum atomic E-state index is -0.520. The van der Waals surface area contributed by atoms with Crippen molar-refractivity contribution < 1.29 is 9.59 Å². The van der Waals surface area contributed by atoms with E-state index in [1.54, 1.807) is 12.1 Å². The maximum Gasteiger partial charge on any atom is 0.255 e. The van der Waals surface area contributed by atoms with Crippen molar-refractivity contribution >= 4 is 28.4 Å². The number of benzene rings is 2. The molecule has 2 amide bonds. The number of aromatic nitrogens is 1. The van der Waals surface area contributed by atoms with E-state index < -0.39 is 5.41 Å². The van der Waals surface area contributed by atoms with E-state index in [9.17, 15) is 9.59 Å². The Kier molecular flexibility index (Phi) is 5.37. The number of nitrogens with zero attached hydrogens (tertiary/aromatic N) is 1. The minimum absolute atomic E-state index is 0.0165. The number of carbonyl (C=O) groups excluding carboxylic acids is 2. The topological polar surface area (TPSA) is 65.2 Å². The molecule has 2 N–H and O–H groups in total. The molecule has 5 heteroatoms. The third-order valence-electron chi connectivity index (χ3n) is 5.93. The first kappa shape index (κ1) is 20.2. The highest BCUT2D eigenvalue weighted by molar-refractivity contribution is 6.04. The van der Waals surface area contributed by atoms with Gasteiger partial charge in [0, 0.05) is 35.6 Å². The molecule has 0 atom stereocenters. The highest BCUT2D eigenvalue weighted by Crippen LogP contribution is 2.34. The molecule has 3 aromatic rings. The fourth-order valence-corrected chi connectivity index (χ4v) is 4.08. The second-order valence-electron chi connectivity index (χ2n) is 9.11. The lowest BCUT2D eigenvalue weighted by Crippen LogP contribution is -2.38. The molecular formula is C25H29N3O2.